The van der Waals surface area contributed by atoms with E-state index in [1.807, 2.05) is 22.6 Å². The van der Waals surface area contributed by atoms with Gasteiger partial charge < -0.3 is 19.9 Å². The standard InChI is InChI=1S/C11H15B2NO4/c1-5(14-10(12)13)9(15)6-2-3-7-8(4-6)18-11(16)17-7/h2-5,10-11,14,16H,12-13H2,1H3/t5-,11?/m0/s1. The van der Waals surface area contributed by atoms with Crippen molar-refractivity contribution in [2.45, 2.75) is 25.3 Å². The zero-order valence-corrected chi connectivity index (χ0v) is 10.6. The van der Waals surface area contributed by atoms with Gasteiger partial charge in [-0.25, -0.2) is 0 Å². The molecule has 2 N–H and O–H groups in total. The molecule has 5 nitrogen and oxygen atoms in total. The third-order valence-electron chi connectivity index (χ3n) is 2.66. The van der Waals surface area contributed by atoms with E-state index in [4.69, 9.17) is 14.6 Å². The van der Waals surface area contributed by atoms with Crippen LogP contribution in [0.15, 0.2) is 18.2 Å². The second-order valence-electron chi connectivity index (χ2n) is 4.61. The molecule has 2 rings (SSSR count). The first-order valence-corrected chi connectivity index (χ1v) is 5.93. The lowest BCUT2D eigenvalue weighted by molar-refractivity contribution is -0.133. The Balaban J connectivity index is 2.15. The number of hydrogen-bond donors (Lipinski definition) is 2. The Morgan fingerprint density at radius 2 is 2.06 bits per heavy atom. The Hall–Kier alpha value is -1.46. The van der Waals surface area contributed by atoms with E-state index in [-0.39, 0.29) is 17.7 Å². The summed E-state index contributed by atoms with van der Waals surface area (Å²) in [6.07, 6.45) is 0. The van der Waals surface area contributed by atoms with Gasteiger partial charge in [-0.1, -0.05) is 5.84 Å². The molecule has 0 bridgehead atoms. The summed E-state index contributed by atoms with van der Waals surface area (Å²) < 4.78 is 9.99. The SMILES string of the molecule is BC(B)N[C@@H](C)C(=O)c1ccc2c(c1)OC(O)O2. The molecule has 1 heterocycles. The fraction of sp³-hybridized carbons (Fsp3) is 0.364. The molecule has 0 aromatic heterocycles. The Bertz CT molecular complexity index is 466. The van der Waals surface area contributed by atoms with Crippen LogP contribution in [-0.4, -0.2) is 44.9 Å². The van der Waals surface area contributed by atoms with E-state index in [9.17, 15) is 4.79 Å². The molecule has 2 atom stereocenters. The highest BCUT2D eigenvalue weighted by Gasteiger charge is 2.24. The normalized spacial score (nSPS) is 18.9. The first-order valence-electron chi connectivity index (χ1n) is 5.93. The van der Waals surface area contributed by atoms with Gasteiger partial charge in [0.15, 0.2) is 17.3 Å². The van der Waals surface area contributed by atoms with Crippen LogP contribution in [0.25, 0.3) is 0 Å². The monoisotopic (exact) mass is 247 g/mol. The first-order chi connectivity index (χ1) is 8.47. The molecule has 0 radical (unpaired) electrons. The third kappa shape index (κ3) is 2.68. The van der Waals surface area contributed by atoms with Crippen molar-refractivity contribution in [2.75, 3.05) is 0 Å². The second-order valence-corrected chi connectivity index (χ2v) is 4.61. The number of nitrogens with one attached hydrogen (secondary N) is 1. The lowest BCUT2D eigenvalue weighted by Gasteiger charge is -2.15. The molecular formula is C11H15B2NO4. The summed E-state index contributed by atoms with van der Waals surface area (Å²) in [5.41, 5.74) is 0.534. The topological polar surface area (TPSA) is 67.8 Å². The third-order valence-corrected chi connectivity index (χ3v) is 2.66. The van der Waals surface area contributed by atoms with Crippen LogP contribution in [0.2, 0.25) is 0 Å². The number of aliphatic hydroxyl groups excluding tert-OH is 1. The lowest BCUT2D eigenvalue weighted by Crippen LogP contribution is -2.41. The maximum Gasteiger partial charge on any atom is 0.358 e. The Kier molecular flexibility index (Phi) is 3.63. The highest BCUT2D eigenvalue weighted by molar-refractivity contribution is 6.35. The molecule has 1 unspecified atom stereocenters. The van der Waals surface area contributed by atoms with Crippen LogP contribution in [0.3, 0.4) is 0 Å². The van der Waals surface area contributed by atoms with Crippen molar-refractivity contribution in [1.29, 1.82) is 0 Å². The molecule has 0 aliphatic carbocycles. The van der Waals surface area contributed by atoms with Crippen LogP contribution in [0.5, 0.6) is 11.5 Å². The number of aliphatic hydroxyl groups is 1. The molecule has 0 fully saturated rings. The number of rotatable bonds is 4. The molecule has 0 saturated heterocycles. The van der Waals surface area contributed by atoms with Gasteiger partial charge in [0.1, 0.15) is 15.7 Å². The summed E-state index contributed by atoms with van der Waals surface area (Å²) >= 11 is 0. The Morgan fingerprint density at radius 3 is 2.72 bits per heavy atom. The summed E-state index contributed by atoms with van der Waals surface area (Å²) in [4.78, 5) is 12.1. The molecular weight excluding hydrogens is 232 g/mol. The molecule has 0 spiro atoms. The first kappa shape index (κ1) is 13.0. The molecule has 0 amide bonds. The van der Waals surface area contributed by atoms with Crippen LogP contribution in [0.1, 0.15) is 17.3 Å². The predicted octanol–water partition coefficient (Wildman–Crippen LogP) is -1.56. The fourth-order valence-electron chi connectivity index (χ4n) is 1.92. The fourth-order valence-corrected chi connectivity index (χ4v) is 1.92. The number of fused-ring (bicyclic) bond motifs is 1. The van der Waals surface area contributed by atoms with E-state index in [0.717, 1.165) is 0 Å². The molecule has 1 aliphatic heterocycles. The van der Waals surface area contributed by atoms with Crippen LogP contribution in [0.4, 0.5) is 0 Å². The number of ether oxygens (including phenoxy) is 2. The molecule has 1 aromatic carbocycles. The highest BCUT2D eigenvalue weighted by atomic mass is 16.8. The number of ketones is 1. The Morgan fingerprint density at radius 1 is 1.39 bits per heavy atom. The average molecular weight is 247 g/mol. The summed E-state index contributed by atoms with van der Waals surface area (Å²) in [6, 6.07) is 4.62. The van der Waals surface area contributed by atoms with E-state index < -0.39 is 6.48 Å². The number of Topliss-reactive ketones (excluding diaryl/α,β-unsaturated/α-hetero) is 1. The van der Waals surface area contributed by atoms with E-state index in [2.05, 4.69) is 5.32 Å². The van der Waals surface area contributed by atoms with E-state index >= 15 is 0 Å². The molecule has 0 saturated carbocycles. The number of carbonyl (C=O) groups is 1. The zero-order valence-electron chi connectivity index (χ0n) is 10.6. The van der Waals surface area contributed by atoms with Crippen molar-refractivity contribution in [2.24, 2.45) is 0 Å². The molecule has 7 heteroatoms. The van der Waals surface area contributed by atoms with Crippen LogP contribution in [-0.2, 0) is 0 Å². The zero-order chi connectivity index (χ0) is 13.3. The minimum Gasteiger partial charge on any atom is -0.428 e. The van der Waals surface area contributed by atoms with Crippen molar-refractivity contribution in [3.63, 3.8) is 0 Å². The second kappa shape index (κ2) is 5.04. The van der Waals surface area contributed by atoms with E-state index in [1.165, 1.54) is 0 Å². The molecule has 18 heavy (non-hydrogen) atoms. The largest absolute Gasteiger partial charge is 0.428 e. The molecule has 1 aromatic rings. The van der Waals surface area contributed by atoms with Crippen molar-refractivity contribution in [3.8, 4) is 11.5 Å². The quantitative estimate of drug-likeness (QED) is 0.497. The molecule has 94 valence electrons. The van der Waals surface area contributed by atoms with Crippen molar-refractivity contribution in [1.82, 2.24) is 5.32 Å². The molecule has 1 aliphatic rings. The smallest absolute Gasteiger partial charge is 0.358 e. The maximum atomic E-state index is 12.1. The summed E-state index contributed by atoms with van der Waals surface area (Å²) in [5.74, 6) is 1.06. The number of carbonyl (C=O) groups excluding carboxylic acids is 1. The van der Waals surface area contributed by atoms with Gasteiger partial charge in [-0.3, -0.25) is 4.79 Å². The maximum absolute atomic E-state index is 12.1. The van der Waals surface area contributed by atoms with Gasteiger partial charge in [0.05, 0.1) is 6.04 Å². The summed E-state index contributed by atoms with van der Waals surface area (Å²) in [5, 5.41) is 12.3. The Labute approximate surface area is 107 Å². The van der Waals surface area contributed by atoms with Crippen molar-refractivity contribution >= 4 is 21.5 Å². The summed E-state index contributed by atoms with van der Waals surface area (Å²) in [6.45, 7) is 0.540. The van der Waals surface area contributed by atoms with Gasteiger partial charge in [0.25, 0.3) is 0 Å². The average Bonchev–Trinajstić information content (AvgIpc) is 2.65. The van der Waals surface area contributed by atoms with Crippen molar-refractivity contribution < 1.29 is 19.4 Å². The van der Waals surface area contributed by atoms with Crippen LogP contribution >= 0.6 is 0 Å². The van der Waals surface area contributed by atoms with Gasteiger partial charge in [-0.15, -0.1) is 0 Å². The lowest BCUT2D eigenvalue weighted by atomic mass is 9.78. The van der Waals surface area contributed by atoms with Gasteiger partial charge in [0, 0.05) is 5.56 Å². The predicted molar refractivity (Wildman–Crippen MR) is 71.5 cm³/mol. The van der Waals surface area contributed by atoms with Crippen molar-refractivity contribution in [3.05, 3.63) is 23.8 Å². The van der Waals surface area contributed by atoms with Gasteiger partial charge in [-0.2, -0.15) is 0 Å². The van der Waals surface area contributed by atoms with E-state index in [0.29, 0.717) is 17.1 Å². The van der Waals surface area contributed by atoms with Gasteiger partial charge in [-0.05, 0) is 25.1 Å². The van der Waals surface area contributed by atoms with Gasteiger partial charge in [0.2, 0.25) is 0 Å². The highest BCUT2D eigenvalue weighted by Crippen LogP contribution is 2.34. The minimum absolute atomic E-state index is 0.0171. The van der Waals surface area contributed by atoms with E-state index in [1.54, 1.807) is 18.2 Å². The number of hydrogen-bond acceptors (Lipinski definition) is 5. The van der Waals surface area contributed by atoms with Gasteiger partial charge >= 0.3 is 6.48 Å². The summed E-state index contributed by atoms with van der Waals surface area (Å²) in [7, 11) is 3.97. The minimum atomic E-state index is -1.28. The van der Waals surface area contributed by atoms with Crippen LogP contribution in [0, 0.1) is 0 Å². The van der Waals surface area contributed by atoms with Crippen LogP contribution < -0.4 is 14.8 Å². The number of benzene rings is 1.